The van der Waals surface area contributed by atoms with Crippen LogP contribution in [0.25, 0.3) is 0 Å². The fraction of sp³-hybridized carbons (Fsp3) is 0.545. The zero-order valence-corrected chi connectivity index (χ0v) is 11.7. The fourth-order valence-corrected chi connectivity index (χ4v) is 2.24. The average Bonchev–Trinajstić information content (AvgIpc) is 2.39. The summed E-state index contributed by atoms with van der Waals surface area (Å²) in [5, 5.41) is 8.85. The molecule has 0 spiro atoms. The van der Waals surface area contributed by atoms with Crippen LogP contribution in [0, 0.1) is 0 Å². The number of anilines is 1. The maximum Gasteiger partial charge on any atom is 0.248 e. The van der Waals surface area contributed by atoms with Crippen LogP contribution in [0.4, 0.5) is 5.95 Å². The molecule has 1 aromatic rings. The summed E-state index contributed by atoms with van der Waals surface area (Å²) in [4.78, 5) is 23.7. The van der Waals surface area contributed by atoms with Gasteiger partial charge in [0.2, 0.25) is 11.9 Å². The second-order valence-electron chi connectivity index (χ2n) is 4.24. The number of halogens is 1. The lowest BCUT2D eigenvalue weighted by Gasteiger charge is -2.39. The van der Waals surface area contributed by atoms with E-state index < -0.39 is 6.61 Å². The third kappa shape index (κ3) is 2.78. The zero-order chi connectivity index (χ0) is 13.1. The van der Waals surface area contributed by atoms with Crippen molar-refractivity contribution in [2.24, 2.45) is 0 Å². The number of aliphatic hydroxyl groups is 1. The molecule has 2 rings (SSSR count). The van der Waals surface area contributed by atoms with E-state index in [1.807, 2.05) is 6.92 Å². The molecule has 1 saturated heterocycles. The summed E-state index contributed by atoms with van der Waals surface area (Å²) >= 11 is 3.30. The molecular weight excluding hydrogens is 300 g/mol. The molecule has 1 aromatic heterocycles. The minimum Gasteiger partial charge on any atom is -0.387 e. The van der Waals surface area contributed by atoms with Crippen LogP contribution in [0.15, 0.2) is 16.9 Å². The molecule has 0 bridgehead atoms. The van der Waals surface area contributed by atoms with Crippen LogP contribution in [0.1, 0.15) is 6.92 Å². The maximum atomic E-state index is 11.4. The van der Waals surface area contributed by atoms with Crippen molar-refractivity contribution in [1.29, 1.82) is 0 Å². The van der Waals surface area contributed by atoms with Gasteiger partial charge >= 0.3 is 0 Å². The van der Waals surface area contributed by atoms with E-state index in [9.17, 15) is 4.79 Å². The molecule has 1 fully saturated rings. The van der Waals surface area contributed by atoms with Gasteiger partial charge in [-0.05, 0) is 22.9 Å². The molecule has 18 heavy (non-hydrogen) atoms. The van der Waals surface area contributed by atoms with Gasteiger partial charge in [-0.1, -0.05) is 0 Å². The Balaban J connectivity index is 2.05. The maximum absolute atomic E-state index is 11.4. The molecule has 1 aliphatic rings. The van der Waals surface area contributed by atoms with Crippen molar-refractivity contribution >= 4 is 27.8 Å². The first-order valence-electron chi connectivity index (χ1n) is 5.74. The highest BCUT2D eigenvalue weighted by atomic mass is 79.9. The first-order valence-corrected chi connectivity index (χ1v) is 6.54. The van der Waals surface area contributed by atoms with E-state index in [4.69, 9.17) is 5.11 Å². The van der Waals surface area contributed by atoms with Gasteiger partial charge in [-0.15, -0.1) is 0 Å². The Morgan fingerprint density at radius 3 is 2.72 bits per heavy atom. The first-order chi connectivity index (χ1) is 8.61. The molecule has 0 aromatic carbocycles. The number of amides is 1. The first kappa shape index (κ1) is 13.2. The molecule has 0 saturated carbocycles. The van der Waals surface area contributed by atoms with Crippen molar-refractivity contribution in [3.05, 3.63) is 16.9 Å². The molecule has 1 N–H and O–H groups in total. The highest BCUT2D eigenvalue weighted by molar-refractivity contribution is 9.10. The molecule has 1 aliphatic heterocycles. The number of carbonyl (C=O) groups is 1. The molecule has 98 valence electrons. The summed E-state index contributed by atoms with van der Waals surface area (Å²) in [6.07, 6.45) is 3.42. The quantitative estimate of drug-likeness (QED) is 0.848. The molecule has 0 radical (unpaired) electrons. The lowest BCUT2D eigenvalue weighted by molar-refractivity contribution is -0.134. The van der Waals surface area contributed by atoms with Gasteiger partial charge in [0.15, 0.2) is 0 Å². The summed E-state index contributed by atoms with van der Waals surface area (Å²) in [6.45, 7) is 3.43. The van der Waals surface area contributed by atoms with E-state index in [-0.39, 0.29) is 11.9 Å². The number of rotatable bonds is 2. The molecule has 0 aliphatic carbocycles. The predicted molar refractivity (Wildman–Crippen MR) is 70.2 cm³/mol. The Labute approximate surface area is 114 Å². The number of aromatic nitrogens is 2. The minimum atomic E-state index is -0.429. The summed E-state index contributed by atoms with van der Waals surface area (Å²) in [6, 6.07) is 0.135. The second kappa shape index (κ2) is 5.62. The van der Waals surface area contributed by atoms with Crippen molar-refractivity contribution in [2.75, 3.05) is 31.1 Å². The minimum absolute atomic E-state index is 0.135. The number of piperazine rings is 1. The van der Waals surface area contributed by atoms with Gasteiger partial charge in [0.25, 0.3) is 0 Å². The van der Waals surface area contributed by atoms with Gasteiger partial charge in [-0.25, -0.2) is 9.97 Å². The molecule has 6 nitrogen and oxygen atoms in total. The van der Waals surface area contributed by atoms with Crippen LogP contribution in [-0.4, -0.2) is 58.2 Å². The van der Waals surface area contributed by atoms with Crippen LogP contribution >= 0.6 is 15.9 Å². The Bertz CT molecular complexity index is 426. The summed E-state index contributed by atoms with van der Waals surface area (Å²) in [5.74, 6) is 0.444. The Hall–Kier alpha value is -1.21. The van der Waals surface area contributed by atoms with Gasteiger partial charge in [-0.3, -0.25) is 4.79 Å². The smallest absolute Gasteiger partial charge is 0.248 e. The topological polar surface area (TPSA) is 69.6 Å². The van der Waals surface area contributed by atoms with Crippen molar-refractivity contribution in [3.63, 3.8) is 0 Å². The number of carbonyl (C=O) groups excluding carboxylic acids is 1. The van der Waals surface area contributed by atoms with E-state index in [0.29, 0.717) is 25.6 Å². The molecule has 1 atom stereocenters. The largest absolute Gasteiger partial charge is 0.387 e. The second-order valence-corrected chi connectivity index (χ2v) is 5.16. The highest BCUT2D eigenvalue weighted by Crippen LogP contribution is 2.17. The number of nitrogens with zero attached hydrogens (tertiary/aromatic N) is 4. The number of hydrogen-bond acceptors (Lipinski definition) is 5. The molecule has 0 unspecified atom stereocenters. The van der Waals surface area contributed by atoms with Gasteiger partial charge in [0, 0.05) is 38.1 Å². The van der Waals surface area contributed by atoms with E-state index >= 15 is 0 Å². The summed E-state index contributed by atoms with van der Waals surface area (Å²) in [7, 11) is 0. The van der Waals surface area contributed by atoms with Crippen LogP contribution in [0.3, 0.4) is 0 Å². The van der Waals surface area contributed by atoms with Crippen molar-refractivity contribution in [3.8, 4) is 0 Å². The Morgan fingerprint density at radius 1 is 1.50 bits per heavy atom. The lowest BCUT2D eigenvalue weighted by Crippen LogP contribution is -2.54. The lowest BCUT2D eigenvalue weighted by atomic mass is 10.2. The van der Waals surface area contributed by atoms with Gasteiger partial charge in [0.1, 0.15) is 6.61 Å². The normalized spacial score (nSPS) is 20.1. The van der Waals surface area contributed by atoms with Gasteiger partial charge in [0.05, 0.1) is 4.47 Å². The average molecular weight is 315 g/mol. The summed E-state index contributed by atoms with van der Waals surface area (Å²) in [5.41, 5.74) is 0. The SMILES string of the molecule is C[C@H]1CN(C(=O)CO)CCN1c1ncc(Br)cn1. The molecule has 2 heterocycles. The van der Waals surface area contributed by atoms with Crippen LogP contribution in [0.5, 0.6) is 0 Å². The molecule has 7 heteroatoms. The third-order valence-electron chi connectivity index (χ3n) is 2.98. The molecular formula is C11H15BrN4O2. The van der Waals surface area contributed by atoms with E-state index in [1.54, 1.807) is 17.3 Å². The zero-order valence-electron chi connectivity index (χ0n) is 10.1. The van der Waals surface area contributed by atoms with Gasteiger partial charge < -0.3 is 14.9 Å². The standard InChI is InChI=1S/C11H15BrN4O2/c1-8-6-15(10(18)7-17)2-3-16(8)11-13-4-9(12)5-14-11/h4-5,8,17H,2-3,6-7H2,1H3/t8-/m0/s1. The van der Waals surface area contributed by atoms with E-state index in [2.05, 4.69) is 30.8 Å². The third-order valence-corrected chi connectivity index (χ3v) is 3.39. The van der Waals surface area contributed by atoms with Crippen molar-refractivity contribution < 1.29 is 9.90 Å². The van der Waals surface area contributed by atoms with Crippen molar-refractivity contribution in [1.82, 2.24) is 14.9 Å². The Morgan fingerprint density at radius 2 is 2.17 bits per heavy atom. The van der Waals surface area contributed by atoms with Crippen LogP contribution < -0.4 is 4.90 Å². The van der Waals surface area contributed by atoms with Crippen LogP contribution in [-0.2, 0) is 4.79 Å². The molecule has 1 amide bonds. The number of aliphatic hydroxyl groups excluding tert-OH is 1. The van der Waals surface area contributed by atoms with Crippen LogP contribution in [0.2, 0.25) is 0 Å². The Kier molecular flexibility index (Phi) is 4.13. The van der Waals surface area contributed by atoms with E-state index in [1.165, 1.54) is 0 Å². The highest BCUT2D eigenvalue weighted by Gasteiger charge is 2.27. The predicted octanol–water partition coefficient (Wildman–Crippen LogP) is 0.269. The van der Waals surface area contributed by atoms with Gasteiger partial charge in [-0.2, -0.15) is 0 Å². The van der Waals surface area contributed by atoms with E-state index in [0.717, 1.165) is 4.47 Å². The fourth-order valence-electron chi connectivity index (χ4n) is 2.04. The monoisotopic (exact) mass is 314 g/mol. The number of hydrogen-bond donors (Lipinski definition) is 1. The van der Waals surface area contributed by atoms with Crippen molar-refractivity contribution in [2.45, 2.75) is 13.0 Å². The summed E-state index contributed by atoms with van der Waals surface area (Å²) < 4.78 is 0.841.